The number of Topliss-reactive ketones (excluding diaryl/α,β-unsaturated/α-hetero) is 1. The van der Waals surface area contributed by atoms with Crippen molar-refractivity contribution in [1.29, 1.82) is 0 Å². The summed E-state index contributed by atoms with van der Waals surface area (Å²) in [6.45, 7) is 1.38. The predicted molar refractivity (Wildman–Crippen MR) is 49.6 cm³/mol. The first kappa shape index (κ1) is 11.0. The average Bonchev–Trinajstić information content (AvgIpc) is 2.91. The number of rotatable bonds is 2. The SMILES string of the molecule is CC(=O)C1(C2(F)CCC(F)(F)CC2)CC1. The van der Waals surface area contributed by atoms with Crippen molar-refractivity contribution in [2.24, 2.45) is 5.41 Å². The van der Waals surface area contributed by atoms with Gasteiger partial charge in [-0.05, 0) is 32.6 Å². The van der Waals surface area contributed by atoms with Gasteiger partial charge in [0.05, 0.1) is 5.41 Å². The third-order valence-electron chi connectivity index (χ3n) is 4.06. The molecule has 0 heterocycles. The summed E-state index contributed by atoms with van der Waals surface area (Å²) in [5, 5.41) is 0. The van der Waals surface area contributed by atoms with Crippen LogP contribution in [0.4, 0.5) is 13.2 Å². The van der Waals surface area contributed by atoms with Crippen LogP contribution in [0, 0.1) is 5.41 Å². The summed E-state index contributed by atoms with van der Waals surface area (Å²) in [5.74, 6) is -2.90. The van der Waals surface area contributed by atoms with Gasteiger partial charge in [-0.3, -0.25) is 4.79 Å². The summed E-state index contributed by atoms with van der Waals surface area (Å²) in [6.07, 6.45) is -0.106. The summed E-state index contributed by atoms with van der Waals surface area (Å²) in [7, 11) is 0. The van der Waals surface area contributed by atoms with E-state index in [4.69, 9.17) is 0 Å². The summed E-state index contributed by atoms with van der Waals surface area (Å²) in [6, 6.07) is 0. The van der Waals surface area contributed by atoms with E-state index in [0.29, 0.717) is 12.8 Å². The van der Waals surface area contributed by atoms with Gasteiger partial charge in [-0.2, -0.15) is 0 Å². The normalized spacial score (nSPS) is 30.9. The monoisotopic (exact) mass is 220 g/mol. The van der Waals surface area contributed by atoms with Crippen LogP contribution in [0.1, 0.15) is 45.4 Å². The van der Waals surface area contributed by atoms with Crippen LogP contribution in [0.5, 0.6) is 0 Å². The minimum absolute atomic E-state index is 0.167. The lowest BCUT2D eigenvalue weighted by Crippen LogP contribution is -2.45. The molecule has 2 saturated carbocycles. The highest BCUT2D eigenvalue weighted by Gasteiger charge is 2.65. The first-order chi connectivity index (χ1) is 6.81. The van der Waals surface area contributed by atoms with Crippen molar-refractivity contribution < 1.29 is 18.0 Å². The van der Waals surface area contributed by atoms with Gasteiger partial charge in [0.25, 0.3) is 0 Å². The van der Waals surface area contributed by atoms with E-state index < -0.39 is 29.8 Å². The molecule has 0 atom stereocenters. The molecule has 1 nitrogen and oxygen atoms in total. The molecule has 0 N–H and O–H groups in total. The molecule has 0 aromatic carbocycles. The third kappa shape index (κ3) is 1.58. The van der Waals surface area contributed by atoms with E-state index in [1.54, 1.807) is 0 Å². The van der Waals surface area contributed by atoms with Crippen LogP contribution in [0.3, 0.4) is 0 Å². The standard InChI is InChI=1S/C11H15F3O/c1-8(15)9(2-3-9)10(12)4-6-11(13,14)7-5-10/h2-7H2,1H3. The Kier molecular flexibility index (Phi) is 2.18. The minimum Gasteiger partial charge on any atom is -0.299 e. The molecule has 15 heavy (non-hydrogen) atoms. The van der Waals surface area contributed by atoms with Crippen molar-refractivity contribution in [1.82, 2.24) is 0 Å². The van der Waals surface area contributed by atoms with Gasteiger partial charge in [-0.25, -0.2) is 13.2 Å². The van der Waals surface area contributed by atoms with Crippen molar-refractivity contribution in [2.45, 2.75) is 57.0 Å². The minimum atomic E-state index is -2.73. The first-order valence-corrected chi connectivity index (χ1v) is 5.39. The van der Waals surface area contributed by atoms with Gasteiger partial charge < -0.3 is 0 Å². The van der Waals surface area contributed by atoms with E-state index in [1.807, 2.05) is 0 Å². The van der Waals surface area contributed by atoms with Gasteiger partial charge in [-0.15, -0.1) is 0 Å². The van der Waals surface area contributed by atoms with E-state index in [9.17, 15) is 18.0 Å². The highest BCUT2D eigenvalue weighted by atomic mass is 19.3. The Hall–Kier alpha value is -0.540. The van der Waals surface area contributed by atoms with Gasteiger partial charge in [0.1, 0.15) is 11.5 Å². The third-order valence-corrected chi connectivity index (χ3v) is 4.06. The van der Waals surface area contributed by atoms with E-state index >= 15 is 0 Å². The molecular weight excluding hydrogens is 205 g/mol. The van der Waals surface area contributed by atoms with Crippen molar-refractivity contribution in [3.05, 3.63) is 0 Å². The number of ketones is 1. The van der Waals surface area contributed by atoms with Gasteiger partial charge >= 0.3 is 0 Å². The number of carbonyl (C=O) groups excluding carboxylic acids is 1. The summed E-state index contributed by atoms with van der Waals surface area (Å²) in [4.78, 5) is 11.4. The van der Waals surface area contributed by atoms with Gasteiger partial charge in [0.15, 0.2) is 0 Å². The maximum absolute atomic E-state index is 14.5. The molecule has 0 aromatic heterocycles. The lowest BCUT2D eigenvalue weighted by molar-refractivity contribution is -0.137. The molecule has 0 spiro atoms. The Morgan fingerprint density at radius 1 is 0.933 bits per heavy atom. The zero-order valence-electron chi connectivity index (χ0n) is 8.78. The quantitative estimate of drug-likeness (QED) is 0.698. The fourth-order valence-electron chi connectivity index (χ4n) is 2.73. The van der Waals surface area contributed by atoms with E-state index in [-0.39, 0.29) is 18.6 Å². The van der Waals surface area contributed by atoms with Crippen LogP contribution >= 0.6 is 0 Å². The Morgan fingerprint density at radius 3 is 1.73 bits per heavy atom. The number of carbonyl (C=O) groups is 1. The van der Waals surface area contributed by atoms with Crippen LogP contribution in [-0.2, 0) is 4.79 Å². The summed E-state index contributed by atoms with van der Waals surface area (Å²) < 4.78 is 40.3. The van der Waals surface area contributed by atoms with Crippen molar-refractivity contribution in [3.8, 4) is 0 Å². The molecule has 4 heteroatoms. The van der Waals surface area contributed by atoms with E-state index in [1.165, 1.54) is 6.92 Å². The molecule has 2 rings (SSSR count). The molecule has 0 bridgehead atoms. The predicted octanol–water partition coefficient (Wildman–Crippen LogP) is 3.27. The maximum atomic E-state index is 14.5. The van der Waals surface area contributed by atoms with Gasteiger partial charge in [0, 0.05) is 12.8 Å². The van der Waals surface area contributed by atoms with Crippen LogP contribution in [0.15, 0.2) is 0 Å². The molecule has 2 aliphatic carbocycles. The zero-order valence-corrected chi connectivity index (χ0v) is 8.78. The molecule has 2 fully saturated rings. The van der Waals surface area contributed by atoms with Crippen molar-refractivity contribution in [2.75, 3.05) is 0 Å². The second kappa shape index (κ2) is 2.98. The molecule has 0 aliphatic heterocycles. The summed E-state index contributed by atoms with van der Waals surface area (Å²) in [5.41, 5.74) is -2.58. The maximum Gasteiger partial charge on any atom is 0.248 e. The van der Waals surface area contributed by atoms with Crippen LogP contribution in [0.2, 0.25) is 0 Å². The second-order valence-electron chi connectivity index (χ2n) is 4.96. The lowest BCUT2D eigenvalue weighted by atomic mass is 9.72. The highest BCUT2D eigenvalue weighted by molar-refractivity contribution is 5.86. The molecule has 2 aliphatic rings. The fraction of sp³-hybridized carbons (Fsp3) is 0.909. The number of hydrogen-bond acceptors (Lipinski definition) is 1. The fourth-order valence-corrected chi connectivity index (χ4v) is 2.73. The average molecular weight is 220 g/mol. The number of alkyl halides is 3. The number of hydrogen-bond donors (Lipinski definition) is 0. The lowest BCUT2D eigenvalue weighted by Gasteiger charge is -2.38. The van der Waals surface area contributed by atoms with Crippen LogP contribution in [-0.4, -0.2) is 17.4 Å². The van der Waals surface area contributed by atoms with E-state index in [0.717, 1.165) is 0 Å². The summed E-state index contributed by atoms with van der Waals surface area (Å²) >= 11 is 0. The number of halogens is 3. The van der Waals surface area contributed by atoms with E-state index in [2.05, 4.69) is 0 Å². The molecule has 0 unspecified atom stereocenters. The Labute approximate surface area is 87.0 Å². The van der Waals surface area contributed by atoms with Crippen molar-refractivity contribution in [3.63, 3.8) is 0 Å². The van der Waals surface area contributed by atoms with Crippen LogP contribution in [0.25, 0.3) is 0 Å². The first-order valence-electron chi connectivity index (χ1n) is 5.39. The van der Waals surface area contributed by atoms with Crippen LogP contribution < -0.4 is 0 Å². The Balaban J connectivity index is 2.13. The molecule has 0 saturated heterocycles. The molecule has 0 aromatic rings. The van der Waals surface area contributed by atoms with Gasteiger partial charge in [0.2, 0.25) is 5.92 Å². The largest absolute Gasteiger partial charge is 0.299 e. The molecule has 0 radical (unpaired) electrons. The van der Waals surface area contributed by atoms with Gasteiger partial charge in [-0.1, -0.05) is 0 Å². The van der Waals surface area contributed by atoms with Crippen molar-refractivity contribution >= 4 is 5.78 Å². The zero-order chi connectivity index (χ0) is 11.3. The Morgan fingerprint density at radius 2 is 1.40 bits per heavy atom. The Bertz CT molecular complexity index is 284. The molecule has 0 amide bonds. The molecular formula is C11H15F3O. The topological polar surface area (TPSA) is 17.1 Å². The highest BCUT2D eigenvalue weighted by Crippen LogP contribution is 2.62. The second-order valence-corrected chi connectivity index (χ2v) is 4.96. The molecule has 86 valence electrons. The smallest absolute Gasteiger partial charge is 0.248 e.